The molecule has 0 atom stereocenters. The van der Waals surface area contributed by atoms with Gasteiger partial charge in [-0.1, -0.05) is 30.3 Å². The lowest BCUT2D eigenvalue weighted by Crippen LogP contribution is -2.20. The fourth-order valence-corrected chi connectivity index (χ4v) is 1.77. The van der Waals surface area contributed by atoms with Crippen molar-refractivity contribution in [3.05, 3.63) is 65.7 Å². The topological polar surface area (TPSA) is 20.3 Å². The first kappa shape index (κ1) is 14.1. The second kappa shape index (κ2) is 5.77. The Morgan fingerprint density at radius 3 is 2.05 bits per heavy atom. The van der Waals surface area contributed by atoms with Crippen LogP contribution >= 0.6 is 0 Å². The molecule has 0 spiro atoms. The number of alkyl halides is 3. The molecule has 0 fully saturated rings. The van der Waals surface area contributed by atoms with E-state index >= 15 is 0 Å². The molecule has 0 aliphatic rings. The van der Waals surface area contributed by atoms with Crippen LogP contribution in [0.15, 0.2) is 54.6 Å². The van der Waals surface area contributed by atoms with Crippen LogP contribution in [-0.4, -0.2) is 6.41 Å². The summed E-state index contributed by atoms with van der Waals surface area (Å²) in [6.07, 6.45) is -2.65. The van der Waals surface area contributed by atoms with Gasteiger partial charge in [-0.15, -0.1) is 0 Å². The van der Waals surface area contributed by atoms with Gasteiger partial charge >= 0.3 is 12.6 Å². The van der Waals surface area contributed by atoms with Crippen LogP contribution in [-0.2, 0) is 17.5 Å². The Hall–Kier alpha value is -2.30. The molecule has 0 N–H and O–H groups in total. The number of hydrogen-bond donors (Lipinski definition) is 0. The van der Waals surface area contributed by atoms with Gasteiger partial charge in [0.2, 0.25) is 0 Å². The standard InChI is InChI=1S/C15H11F3NO/c16-15(17,18)13-6-8-14(9-7-13)19(11-20)10-12-4-2-1-3-5-12/h1-9H,10H2. The molecule has 2 rings (SSSR count). The maximum atomic E-state index is 12.5. The normalized spacial score (nSPS) is 11.2. The zero-order chi connectivity index (χ0) is 14.6. The van der Waals surface area contributed by atoms with Crippen LogP contribution in [0.3, 0.4) is 0 Å². The highest BCUT2D eigenvalue weighted by Gasteiger charge is 2.30. The van der Waals surface area contributed by atoms with Crippen molar-refractivity contribution in [2.45, 2.75) is 12.7 Å². The van der Waals surface area contributed by atoms with Gasteiger partial charge in [-0.2, -0.15) is 13.2 Å². The number of halogens is 3. The lowest BCUT2D eigenvalue weighted by molar-refractivity contribution is -0.137. The van der Waals surface area contributed by atoms with Crippen LogP contribution in [0.1, 0.15) is 11.1 Å². The first-order valence-electron chi connectivity index (χ1n) is 5.87. The number of amides is 1. The summed E-state index contributed by atoms with van der Waals surface area (Å²) in [5.74, 6) is 0. The average molecular weight is 278 g/mol. The van der Waals surface area contributed by atoms with Gasteiger partial charge in [-0.25, -0.2) is 0 Å². The van der Waals surface area contributed by atoms with E-state index in [0.29, 0.717) is 5.69 Å². The molecule has 5 heteroatoms. The Morgan fingerprint density at radius 1 is 0.950 bits per heavy atom. The number of rotatable bonds is 4. The molecule has 2 aromatic rings. The predicted octanol–water partition coefficient (Wildman–Crippen LogP) is 3.78. The molecule has 20 heavy (non-hydrogen) atoms. The van der Waals surface area contributed by atoms with Crippen molar-refractivity contribution in [1.29, 1.82) is 0 Å². The minimum absolute atomic E-state index is 0.260. The molecule has 0 aliphatic heterocycles. The van der Waals surface area contributed by atoms with Crippen LogP contribution in [0.2, 0.25) is 0 Å². The lowest BCUT2D eigenvalue weighted by Gasteiger charge is -2.17. The van der Waals surface area contributed by atoms with Crippen LogP contribution in [0.25, 0.3) is 0 Å². The van der Waals surface area contributed by atoms with E-state index in [-0.39, 0.29) is 6.54 Å². The molecule has 0 aliphatic carbocycles. The first-order valence-corrected chi connectivity index (χ1v) is 5.87. The van der Waals surface area contributed by atoms with E-state index in [4.69, 9.17) is 0 Å². The Labute approximate surface area is 114 Å². The molecule has 0 heterocycles. The monoisotopic (exact) mass is 278 g/mol. The Balaban J connectivity index is 2.18. The summed E-state index contributed by atoms with van der Waals surface area (Å²) in [6, 6.07) is 13.6. The molecular weight excluding hydrogens is 267 g/mol. The summed E-state index contributed by atoms with van der Waals surface area (Å²) in [4.78, 5) is 12.2. The third-order valence-corrected chi connectivity index (χ3v) is 2.80. The minimum Gasteiger partial charge on any atom is -0.300 e. The van der Waals surface area contributed by atoms with Crippen molar-refractivity contribution in [3.63, 3.8) is 0 Å². The Morgan fingerprint density at radius 2 is 1.55 bits per heavy atom. The summed E-state index contributed by atoms with van der Waals surface area (Å²) < 4.78 is 37.4. The molecule has 1 amide bonds. The lowest BCUT2D eigenvalue weighted by atomic mass is 10.1. The first-order chi connectivity index (χ1) is 9.50. The predicted molar refractivity (Wildman–Crippen MR) is 69.8 cm³/mol. The van der Waals surface area contributed by atoms with E-state index in [2.05, 4.69) is 0 Å². The van der Waals surface area contributed by atoms with Gasteiger partial charge in [0.15, 0.2) is 0 Å². The summed E-state index contributed by atoms with van der Waals surface area (Å²) in [5.41, 5.74) is 0.499. The van der Waals surface area contributed by atoms with E-state index in [1.807, 2.05) is 30.3 Å². The third-order valence-electron chi connectivity index (χ3n) is 2.80. The van der Waals surface area contributed by atoms with Crippen molar-refractivity contribution in [2.24, 2.45) is 0 Å². The fraction of sp³-hybridized carbons (Fsp3) is 0.133. The third kappa shape index (κ3) is 3.38. The van der Waals surface area contributed by atoms with E-state index in [9.17, 15) is 18.0 Å². The van der Waals surface area contributed by atoms with Crippen LogP contribution < -0.4 is 4.90 Å². The van der Waals surface area contributed by atoms with Gasteiger partial charge in [0, 0.05) is 5.69 Å². The second-order valence-electron chi connectivity index (χ2n) is 4.21. The molecule has 1 radical (unpaired) electrons. The van der Waals surface area contributed by atoms with Gasteiger partial charge in [-0.3, -0.25) is 9.69 Å². The highest BCUT2D eigenvalue weighted by Crippen LogP contribution is 2.30. The smallest absolute Gasteiger partial charge is 0.300 e. The molecule has 2 aromatic carbocycles. The number of anilines is 1. The summed E-state index contributed by atoms with van der Waals surface area (Å²) in [7, 11) is 0. The van der Waals surface area contributed by atoms with Gasteiger partial charge in [-0.05, 0) is 29.8 Å². The zero-order valence-electron chi connectivity index (χ0n) is 10.4. The maximum Gasteiger partial charge on any atom is 0.416 e. The minimum atomic E-state index is -4.38. The number of benzene rings is 2. The highest BCUT2D eigenvalue weighted by molar-refractivity contribution is 5.75. The number of carbonyl (C=O) groups excluding carboxylic acids is 1. The van der Waals surface area contributed by atoms with E-state index in [1.165, 1.54) is 17.0 Å². The van der Waals surface area contributed by atoms with E-state index in [0.717, 1.165) is 17.7 Å². The van der Waals surface area contributed by atoms with Crippen molar-refractivity contribution >= 4 is 12.1 Å². The van der Waals surface area contributed by atoms with Crippen molar-refractivity contribution in [1.82, 2.24) is 0 Å². The van der Waals surface area contributed by atoms with E-state index < -0.39 is 11.7 Å². The molecular formula is C15H11F3NO. The number of hydrogen-bond acceptors (Lipinski definition) is 1. The molecule has 0 saturated carbocycles. The average Bonchev–Trinajstić information content (AvgIpc) is 2.45. The molecule has 0 unspecified atom stereocenters. The van der Waals surface area contributed by atoms with Crippen molar-refractivity contribution in [3.8, 4) is 0 Å². The zero-order valence-corrected chi connectivity index (χ0v) is 10.4. The molecule has 0 saturated heterocycles. The van der Waals surface area contributed by atoms with Gasteiger partial charge in [0.1, 0.15) is 0 Å². The summed E-state index contributed by atoms with van der Waals surface area (Å²) >= 11 is 0. The van der Waals surface area contributed by atoms with Gasteiger partial charge in [0.25, 0.3) is 0 Å². The van der Waals surface area contributed by atoms with Crippen molar-refractivity contribution < 1.29 is 18.0 Å². The largest absolute Gasteiger partial charge is 0.416 e. The maximum absolute atomic E-state index is 12.5. The van der Waals surface area contributed by atoms with Gasteiger partial charge < -0.3 is 0 Å². The van der Waals surface area contributed by atoms with Crippen LogP contribution in [0.5, 0.6) is 0 Å². The molecule has 0 aromatic heterocycles. The Bertz CT molecular complexity index is 564. The summed E-state index contributed by atoms with van der Waals surface area (Å²) in [5, 5.41) is 0. The number of nitrogens with zero attached hydrogens (tertiary/aromatic N) is 1. The molecule has 103 valence electrons. The summed E-state index contributed by atoms with van der Waals surface area (Å²) in [6.45, 7) is 0.260. The van der Waals surface area contributed by atoms with Crippen LogP contribution in [0, 0.1) is 0 Å². The molecule has 2 nitrogen and oxygen atoms in total. The fourth-order valence-electron chi connectivity index (χ4n) is 1.77. The quantitative estimate of drug-likeness (QED) is 0.779. The van der Waals surface area contributed by atoms with Crippen molar-refractivity contribution in [2.75, 3.05) is 4.90 Å². The second-order valence-corrected chi connectivity index (χ2v) is 4.21. The van der Waals surface area contributed by atoms with E-state index in [1.54, 1.807) is 6.41 Å². The SMILES string of the molecule is O=[C]N(Cc1ccccc1)c1ccc(C(F)(F)F)cc1. The van der Waals surface area contributed by atoms with Gasteiger partial charge in [0.05, 0.1) is 12.1 Å². The van der Waals surface area contributed by atoms with Crippen LogP contribution in [0.4, 0.5) is 18.9 Å². The highest BCUT2D eigenvalue weighted by atomic mass is 19.4. The molecule has 0 bridgehead atoms. The Kier molecular flexibility index (Phi) is 4.08.